The average Bonchev–Trinajstić information content (AvgIpc) is 3.24. The second kappa shape index (κ2) is 33.6. The van der Waals surface area contributed by atoms with Crippen molar-refractivity contribution < 1.29 is 35.4 Å². The van der Waals surface area contributed by atoms with Crippen molar-refractivity contribution in [1.82, 2.24) is 0 Å². The molecule has 0 N–H and O–H groups in total. The van der Waals surface area contributed by atoms with E-state index in [2.05, 4.69) is 200 Å². The topological polar surface area (TPSA) is 73.8 Å². The summed E-state index contributed by atoms with van der Waals surface area (Å²) in [5.74, 6) is 3.48. The van der Waals surface area contributed by atoms with E-state index < -0.39 is 51.1 Å². The van der Waals surface area contributed by atoms with Crippen LogP contribution in [-0.4, -0.2) is 77.5 Å². The van der Waals surface area contributed by atoms with Gasteiger partial charge in [0.2, 0.25) is 0 Å². The Bertz CT molecular complexity index is 2040. The van der Waals surface area contributed by atoms with Crippen LogP contribution in [0, 0.1) is 0 Å². The third kappa shape index (κ3) is 29.7. The Hall–Kier alpha value is -3.56. The van der Waals surface area contributed by atoms with Gasteiger partial charge in [-0.25, -0.2) is 0 Å². The molecule has 0 spiro atoms. The lowest BCUT2D eigenvalue weighted by Gasteiger charge is -2.38. The van der Waals surface area contributed by atoms with Gasteiger partial charge in [-0.15, -0.1) is 0 Å². The molecule has 14 heteroatoms. The summed E-state index contributed by atoms with van der Waals surface area (Å²) in [5.41, 5.74) is 4.76. The summed E-state index contributed by atoms with van der Waals surface area (Å²) in [6, 6.07) is 34.2. The lowest BCUT2D eigenvalue weighted by molar-refractivity contribution is 0.306. The molecule has 0 atom stereocenters. The molecule has 0 heterocycles. The van der Waals surface area contributed by atoms with Gasteiger partial charge in [0.1, 0.15) is 42.8 Å². The maximum Gasteiger partial charge on any atom is 0.314 e. The lowest BCUT2D eigenvalue weighted by atomic mass is 9.78. The van der Waals surface area contributed by atoms with Gasteiger partial charge < -0.3 is 35.4 Å². The zero-order valence-electron chi connectivity index (χ0n) is 46.7. The molecule has 0 unspecified atom stereocenters. The summed E-state index contributed by atoms with van der Waals surface area (Å²) < 4.78 is 47.8. The molecule has 0 saturated carbocycles. The highest BCUT2D eigenvalue weighted by Gasteiger charge is 2.40. The molecule has 0 aliphatic heterocycles. The highest BCUT2D eigenvalue weighted by atomic mass is 28.5. The van der Waals surface area contributed by atoms with Gasteiger partial charge in [0.05, 0.1) is 6.61 Å². The summed E-state index contributed by atoms with van der Waals surface area (Å²) in [6.07, 6.45) is 6.18. The van der Waals surface area contributed by atoms with Crippen molar-refractivity contribution in [2.75, 3.05) is 26.4 Å². The number of hydrogen-bond acceptors (Lipinski definition) is 8. The molecule has 0 aromatic heterocycles. The molecule has 0 bridgehead atoms. The molecule has 4 aromatic rings. The van der Waals surface area contributed by atoms with Gasteiger partial charge in [0, 0.05) is 10.8 Å². The lowest BCUT2D eigenvalue weighted by Crippen LogP contribution is -2.52. The molecule has 0 saturated heterocycles. The Morgan fingerprint density at radius 2 is 0.649 bits per heavy atom. The second-order valence-corrected chi connectivity index (χ2v) is 47.0. The molecule has 0 fully saturated rings. The Kier molecular flexibility index (Phi) is 33.9. The van der Waals surface area contributed by atoms with Crippen molar-refractivity contribution in [2.45, 2.75) is 172 Å². The fourth-order valence-electron chi connectivity index (χ4n) is 7.69. The first-order chi connectivity index (χ1) is 32.3. The normalized spacial score (nSPS) is 11.8. The van der Waals surface area contributed by atoms with Gasteiger partial charge in [-0.2, -0.15) is 0 Å². The van der Waals surface area contributed by atoms with E-state index in [4.69, 9.17) is 35.4 Å². The van der Waals surface area contributed by atoms with Crippen molar-refractivity contribution in [3.05, 3.63) is 157 Å². The summed E-state index contributed by atoms with van der Waals surface area (Å²) in [7, 11) is -9.60. The number of benzene rings is 4. The minimum Gasteiger partial charge on any atom is -0.494 e. The van der Waals surface area contributed by atoms with Crippen molar-refractivity contribution in [1.29, 1.82) is 0 Å². The first-order valence-corrected chi connectivity index (χ1v) is 43.1. The summed E-state index contributed by atoms with van der Waals surface area (Å²) in [6.45, 7) is 53.3. The third-order valence-corrected chi connectivity index (χ3v) is 28.5. The van der Waals surface area contributed by atoms with Crippen molar-refractivity contribution in [3.63, 3.8) is 0 Å². The van der Waals surface area contributed by atoms with Crippen LogP contribution in [0.2, 0.25) is 97.7 Å². The summed E-state index contributed by atoms with van der Waals surface area (Å²) in [5, 5.41) is 0. The van der Waals surface area contributed by atoms with Crippen molar-refractivity contribution in [2.24, 2.45) is 0 Å². The van der Waals surface area contributed by atoms with Gasteiger partial charge in [0.15, 0.2) is 33.3 Å². The monoisotopic (exact) mass is 1120 g/mol. The highest BCUT2D eigenvalue weighted by molar-refractivity contribution is 6.87. The van der Waals surface area contributed by atoms with Crippen LogP contribution in [0.15, 0.2) is 135 Å². The molecule has 8 nitrogen and oxygen atoms in total. The average molecular weight is 1130 g/mol. The van der Waals surface area contributed by atoms with Crippen LogP contribution < -0.4 is 18.9 Å². The molecule has 0 amide bonds. The van der Waals surface area contributed by atoms with Crippen LogP contribution in [0.3, 0.4) is 0 Å². The first kappa shape index (κ1) is 74.7. The Balaban J connectivity index is -0.00000112. The molecule has 0 aliphatic carbocycles. The third-order valence-electron chi connectivity index (χ3n) is 10.5. The summed E-state index contributed by atoms with van der Waals surface area (Å²) in [4.78, 5) is 0. The van der Waals surface area contributed by atoms with E-state index >= 15 is 0 Å². The minimum absolute atomic E-state index is 0. The second-order valence-electron chi connectivity index (χ2n) is 22.7. The SMILES string of the molecule is C.C.C.C.C=CCOc1ccc(C(C)(C)c2ccc(OCC=C)cc2)cc1.C=CCOc1ccc(C(C)(C)c2ccc(OCCC[Si](C)(O[Si](C)(C)C)O[Si](C)(C)C)cc2)cc1.C[SiH](O[Si](C)(C)C)O[Si](C)(C)C. The first-order valence-electron chi connectivity index (χ1n) is 24.8. The Labute approximate surface area is 462 Å². The predicted octanol–water partition coefficient (Wildman–Crippen LogP) is 18.3. The van der Waals surface area contributed by atoms with E-state index in [1.54, 1.807) is 18.2 Å². The maximum absolute atomic E-state index is 6.60. The van der Waals surface area contributed by atoms with Crippen LogP contribution in [0.4, 0.5) is 0 Å². The molecular formula is C60H108O8Si6. The number of ether oxygens (including phenoxy) is 4. The molecular weight excluding hydrogens is 1020 g/mol. The largest absolute Gasteiger partial charge is 0.494 e. The van der Waals surface area contributed by atoms with Crippen molar-refractivity contribution in [3.8, 4) is 23.0 Å². The van der Waals surface area contributed by atoms with Gasteiger partial charge >= 0.3 is 8.56 Å². The molecule has 420 valence electrons. The van der Waals surface area contributed by atoms with Gasteiger partial charge in [-0.3, -0.25) is 0 Å². The van der Waals surface area contributed by atoms with Gasteiger partial charge in [0.25, 0.3) is 9.28 Å². The standard InChI is InChI=1S/C28H46O4Si3.C21H24O2.C7H22O2Si3.4CH4/c1-11-21-29-26-17-13-24(14-18-26)28(2,3)25-15-19-27(20-16-25)30-22-12-23-35(10,31-33(4,5)6)32-34(7,8)9;1-5-15-22-19-11-7-17(8-12-19)21(3,4)18-9-13-20(14-10-18)23-16-6-2;1-10(8-11(2,3)4)9-12(5,6)7;;;;/h11,13-20H,1,12,21-23H2,2-10H3;5-14H,1-2,15-16H2,3-4H3;10H,1-7H3;4*1H4. The zero-order valence-corrected chi connectivity index (χ0v) is 52.8. The van der Waals surface area contributed by atoms with E-state index in [9.17, 15) is 0 Å². The zero-order chi connectivity index (χ0) is 53.0. The van der Waals surface area contributed by atoms with Crippen LogP contribution in [0.25, 0.3) is 0 Å². The Morgan fingerprint density at radius 1 is 0.405 bits per heavy atom. The highest BCUT2D eigenvalue weighted by Crippen LogP contribution is 2.35. The molecule has 0 radical (unpaired) electrons. The minimum atomic E-state index is -2.21. The smallest absolute Gasteiger partial charge is 0.314 e. The van der Waals surface area contributed by atoms with Crippen LogP contribution in [0.1, 0.15) is 86.1 Å². The fourth-order valence-corrected chi connectivity index (χ4v) is 28.8. The van der Waals surface area contributed by atoms with E-state index in [1.165, 1.54) is 22.3 Å². The van der Waals surface area contributed by atoms with Crippen molar-refractivity contribution >= 4 is 51.1 Å². The predicted molar refractivity (Wildman–Crippen MR) is 341 cm³/mol. The molecule has 0 aliphatic rings. The van der Waals surface area contributed by atoms with Crippen LogP contribution in [0.5, 0.6) is 23.0 Å². The summed E-state index contributed by atoms with van der Waals surface area (Å²) >= 11 is 0. The number of rotatable bonds is 26. The van der Waals surface area contributed by atoms with E-state index in [0.717, 1.165) is 35.5 Å². The van der Waals surface area contributed by atoms with Gasteiger partial charge in [-0.05, 0) is 175 Å². The molecule has 4 rings (SSSR count). The van der Waals surface area contributed by atoms with Crippen LogP contribution in [-0.2, 0) is 27.3 Å². The van der Waals surface area contributed by atoms with Gasteiger partial charge in [-0.1, -0.05) is 144 Å². The fraction of sp³-hybridized carbons (Fsp3) is 0.500. The maximum atomic E-state index is 6.60. The molecule has 74 heavy (non-hydrogen) atoms. The van der Waals surface area contributed by atoms with E-state index in [-0.39, 0.29) is 40.5 Å². The molecule has 4 aromatic carbocycles. The quantitative estimate of drug-likeness (QED) is 0.0350. The van der Waals surface area contributed by atoms with Crippen LogP contribution >= 0.6 is 0 Å². The number of hydrogen-bond donors (Lipinski definition) is 0. The Morgan fingerprint density at radius 3 is 0.865 bits per heavy atom. The van der Waals surface area contributed by atoms with E-state index in [1.807, 2.05) is 36.4 Å². The van der Waals surface area contributed by atoms with E-state index in [0.29, 0.717) is 26.4 Å².